The Morgan fingerprint density at radius 3 is 2.79 bits per heavy atom. The molecule has 0 atom stereocenters. The molecule has 0 radical (unpaired) electrons. The highest BCUT2D eigenvalue weighted by Crippen LogP contribution is 2.31. The van der Waals surface area contributed by atoms with Crippen LogP contribution in [0.2, 0.25) is 0 Å². The molecule has 3 heterocycles. The monoisotopic (exact) mass is 353 g/mol. The Morgan fingerprint density at radius 1 is 1.42 bits per heavy atom. The molecule has 1 aliphatic rings. The van der Waals surface area contributed by atoms with E-state index in [1.54, 1.807) is 36.7 Å². The first kappa shape index (κ1) is 17.2. The Kier molecular flexibility index (Phi) is 5.07. The van der Waals surface area contributed by atoms with Crippen molar-refractivity contribution in [2.24, 2.45) is 5.92 Å². The van der Waals surface area contributed by atoms with Gasteiger partial charge >= 0.3 is 0 Å². The number of aryl methyl sites for hydroxylation is 1. The second kappa shape index (κ2) is 7.08. The van der Waals surface area contributed by atoms with Crippen LogP contribution in [0.5, 0.6) is 0 Å². The van der Waals surface area contributed by atoms with Crippen LogP contribution in [0.3, 0.4) is 0 Å². The van der Waals surface area contributed by atoms with Gasteiger partial charge in [0.2, 0.25) is 10.0 Å². The Bertz CT molecular complexity index is 759. The van der Waals surface area contributed by atoms with E-state index in [1.807, 2.05) is 0 Å². The largest absolute Gasteiger partial charge is 0.458 e. The maximum Gasteiger partial charge on any atom is 0.246 e. The van der Waals surface area contributed by atoms with Crippen molar-refractivity contribution in [2.45, 2.75) is 31.1 Å². The zero-order chi connectivity index (χ0) is 17.2. The minimum atomic E-state index is -3.53. The second-order valence-corrected chi connectivity index (χ2v) is 8.04. The van der Waals surface area contributed by atoms with Gasteiger partial charge in [-0.2, -0.15) is 9.40 Å². The second-order valence-electron chi connectivity index (χ2n) is 6.13. The molecule has 0 spiro atoms. The molecule has 0 aliphatic carbocycles. The SMILES string of the molecule is COCCC1CCN(S(=O)(=O)c2cc(-c3ccn[nH]3)oc2C)CC1. The van der Waals surface area contributed by atoms with Crippen molar-refractivity contribution < 1.29 is 17.6 Å². The van der Waals surface area contributed by atoms with Gasteiger partial charge in [0.15, 0.2) is 5.76 Å². The van der Waals surface area contributed by atoms with E-state index in [9.17, 15) is 8.42 Å². The van der Waals surface area contributed by atoms with Crippen LogP contribution in [0.1, 0.15) is 25.0 Å². The first-order valence-corrected chi connectivity index (χ1v) is 9.55. The Hall–Kier alpha value is -1.64. The van der Waals surface area contributed by atoms with Gasteiger partial charge in [0, 0.05) is 39.1 Å². The molecule has 0 amide bonds. The van der Waals surface area contributed by atoms with Gasteiger partial charge in [-0.1, -0.05) is 0 Å². The zero-order valence-electron chi connectivity index (χ0n) is 14.0. The number of furan rings is 1. The lowest BCUT2D eigenvalue weighted by atomic mass is 9.95. The van der Waals surface area contributed by atoms with E-state index in [0.29, 0.717) is 36.2 Å². The maximum absolute atomic E-state index is 12.9. The summed E-state index contributed by atoms with van der Waals surface area (Å²) >= 11 is 0. The average molecular weight is 353 g/mol. The van der Waals surface area contributed by atoms with Gasteiger partial charge in [-0.15, -0.1) is 0 Å². The van der Waals surface area contributed by atoms with Crippen LogP contribution in [0.4, 0.5) is 0 Å². The summed E-state index contributed by atoms with van der Waals surface area (Å²) in [4.78, 5) is 0.238. The number of H-pyrrole nitrogens is 1. The Balaban J connectivity index is 1.75. The zero-order valence-corrected chi connectivity index (χ0v) is 14.8. The molecule has 0 bridgehead atoms. The highest BCUT2D eigenvalue weighted by molar-refractivity contribution is 7.89. The van der Waals surface area contributed by atoms with E-state index in [1.165, 1.54) is 0 Å². The lowest BCUT2D eigenvalue weighted by molar-refractivity contribution is 0.158. The van der Waals surface area contributed by atoms with Gasteiger partial charge in [-0.3, -0.25) is 5.10 Å². The summed E-state index contributed by atoms with van der Waals surface area (Å²) in [5, 5.41) is 6.65. The van der Waals surface area contributed by atoms with Crippen LogP contribution in [0.25, 0.3) is 11.5 Å². The first-order valence-electron chi connectivity index (χ1n) is 8.11. The molecule has 8 heteroatoms. The molecular formula is C16H23N3O4S. The van der Waals surface area contributed by atoms with Crippen molar-refractivity contribution in [3.8, 4) is 11.5 Å². The number of aromatic nitrogens is 2. The molecular weight excluding hydrogens is 330 g/mol. The third-order valence-corrected chi connectivity index (χ3v) is 6.57. The van der Waals surface area contributed by atoms with Gasteiger partial charge in [-0.05, 0) is 38.2 Å². The summed E-state index contributed by atoms with van der Waals surface area (Å²) in [6.07, 6.45) is 4.32. The summed E-state index contributed by atoms with van der Waals surface area (Å²) in [7, 11) is -1.84. The number of ether oxygens (including phenoxy) is 1. The molecule has 0 aromatic carbocycles. The number of hydrogen-bond acceptors (Lipinski definition) is 5. The summed E-state index contributed by atoms with van der Waals surface area (Å²) in [6.45, 7) is 3.49. The molecule has 7 nitrogen and oxygen atoms in total. The number of aromatic amines is 1. The molecule has 132 valence electrons. The van der Waals surface area contributed by atoms with Crippen LogP contribution < -0.4 is 0 Å². The molecule has 1 aliphatic heterocycles. The highest BCUT2D eigenvalue weighted by Gasteiger charge is 2.32. The molecule has 3 rings (SSSR count). The van der Waals surface area contributed by atoms with E-state index >= 15 is 0 Å². The van der Waals surface area contributed by atoms with Crippen molar-refractivity contribution in [2.75, 3.05) is 26.8 Å². The van der Waals surface area contributed by atoms with Crippen LogP contribution in [-0.4, -0.2) is 49.7 Å². The Labute approximate surface area is 142 Å². The fraction of sp³-hybridized carbons (Fsp3) is 0.562. The molecule has 1 N–H and O–H groups in total. The molecule has 2 aromatic rings. The van der Waals surface area contributed by atoms with Gasteiger partial charge in [0.1, 0.15) is 16.3 Å². The molecule has 1 fully saturated rings. The fourth-order valence-corrected chi connectivity index (χ4v) is 4.74. The third-order valence-electron chi connectivity index (χ3n) is 4.56. The molecule has 0 unspecified atom stereocenters. The summed E-state index contributed by atoms with van der Waals surface area (Å²) in [5.74, 6) is 1.42. The van der Waals surface area contributed by atoms with Crippen molar-refractivity contribution in [1.29, 1.82) is 0 Å². The maximum atomic E-state index is 12.9. The van der Waals surface area contributed by atoms with E-state index in [0.717, 1.165) is 25.9 Å². The highest BCUT2D eigenvalue weighted by atomic mass is 32.2. The number of nitrogens with zero attached hydrogens (tertiary/aromatic N) is 2. The van der Waals surface area contributed by atoms with Crippen molar-refractivity contribution in [3.63, 3.8) is 0 Å². The minimum Gasteiger partial charge on any atom is -0.458 e. The van der Waals surface area contributed by atoms with Crippen LogP contribution >= 0.6 is 0 Å². The molecule has 1 saturated heterocycles. The van der Waals surface area contributed by atoms with Crippen molar-refractivity contribution >= 4 is 10.0 Å². The van der Waals surface area contributed by atoms with E-state index in [2.05, 4.69) is 10.2 Å². The normalized spacial score (nSPS) is 17.4. The Morgan fingerprint density at radius 2 is 2.17 bits per heavy atom. The van der Waals surface area contributed by atoms with Gasteiger partial charge in [0.25, 0.3) is 0 Å². The third kappa shape index (κ3) is 3.40. The predicted octanol–water partition coefficient (Wildman–Crippen LogP) is 2.42. The summed E-state index contributed by atoms with van der Waals surface area (Å²) in [6, 6.07) is 3.32. The standard InChI is InChI=1S/C16H23N3O4S/c1-12-16(11-15(23-12)14-3-7-17-18-14)24(20,21)19-8-4-13(5-9-19)6-10-22-2/h3,7,11,13H,4-6,8-10H2,1-2H3,(H,17,18). The number of nitrogens with one attached hydrogen (secondary N) is 1. The van der Waals surface area contributed by atoms with Crippen LogP contribution in [0, 0.1) is 12.8 Å². The number of methoxy groups -OCH3 is 1. The smallest absolute Gasteiger partial charge is 0.246 e. The van der Waals surface area contributed by atoms with Gasteiger partial charge < -0.3 is 9.15 Å². The molecule has 0 saturated carbocycles. The number of hydrogen-bond donors (Lipinski definition) is 1. The van der Waals surface area contributed by atoms with E-state index in [4.69, 9.17) is 9.15 Å². The molecule has 24 heavy (non-hydrogen) atoms. The van der Waals surface area contributed by atoms with Gasteiger partial charge in [-0.25, -0.2) is 8.42 Å². The van der Waals surface area contributed by atoms with Crippen molar-refractivity contribution in [3.05, 3.63) is 24.1 Å². The predicted molar refractivity (Wildman–Crippen MR) is 89.0 cm³/mol. The lowest BCUT2D eigenvalue weighted by Crippen LogP contribution is -2.38. The number of sulfonamides is 1. The quantitative estimate of drug-likeness (QED) is 0.861. The lowest BCUT2D eigenvalue weighted by Gasteiger charge is -2.30. The van der Waals surface area contributed by atoms with Gasteiger partial charge in [0.05, 0.1) is 0 Å². The van der Waals surface area contributed by atoms with E-state index < -0.39 is 10.0 Å². The summed E-state index contributed by atoms with van der Waals surface area (Å²) in [5.41, 5.74) is 0.665. The van der Waals surface area contributed by atoms with Crippen LogP contribution in [0.15, 0.2) is 27.6 Å². The van der Waals surface area contributed by atoms with Crippen molar-refractivity contribution in [1.82, 2.24) is 14.5 Å². The first-order chi connectivity index (χ1) is 11.5. The summed E-state index contributed by atoms with van der Waals surface area (Å²) < 4.78 is 38.1. The fourth-order valence-electron chi connectivity index (χ4n) is 3.11. The molecule has 2 aromatic heterocycles. The minimum absolute atomic E-state index is 0.238. The number of piperidine rings is 1. The van der Waals surface area contributed by atoms with Crippen LogP contribution in [-0.2, 0) is 14.8 Å². The van der Waals surface area contributed by atoms with E-state index in [-0.39, 0.29) is 4.90 Å². The topological polar surface area (TPSA) is 88.4 Å². The average Bonchev–Trinajstić information content (AvgIpc) is 3.22. The number of rotatable bonds is 6.